The molecule has 0 aliphatic rings. The van der Waals surface area contributed by atoms with Crippen molar-refractivity contribution in [2.45, 2.75) is 13.8 Å². The molecule has 0 spiro atoms. The molecule has 3 heterocycles. The second-order valence-electron chi connectivity index (χ2n) is 4.15. The van der Waals surface area contributed by atoms with Crippen LogP contribution in [-0.2, 0) is 0 Å². The molecular weight excluding hydrogens is 262 g/mol. The minimum absolute atomic E-state index is 0.279. The van der Waals surface area contributed by atoms with Crippen LogP contribution in [0, 0.1) is 13.8 Å². The van der Waals surface area contributed by atoms with Crippen LogP contribution in [0.1, 0.15) is 21.1 Å². The zero-order chi connectivity index (χ0) is 13.4. The Labute approximate surface area is 113 Å². The number of hydrogen-bond acceptors (Lipinski definition) is 5. The van der Waals surface area contributed by atoms with Crippen molar-refractivity contribution < 1.29 is 4.79 Å². The van der Waals surface area contributed by atoms with Crippen molar-refractivity contribution in [3.05, 3.63) is 40.0 Å². The van der Waals surface area contributed by atoms with Gasteiger partial charge >= 0.3 is 0 Å². The number of aryl methyl sites for hydroxylation is 2. The fourth-order valence-electron chi connectivity index (χ4n) is 1.67. The normalized spacial score (nSPS) is 10.8. The molecular formula is C12H11N5OS. The third kappa shape index (κ3) is 2.32. The maximum Gasteiger partial charge on any atom is 0.277 e. The Hall–Kier alpha value is -2.28. The van der Waals surface area contributed by atoms with Crippen LogP contribution in [0.25, 0.3) is 5.65 Å². The Kier molecular flexibility index (Phi) is 2.75. The van der Waals surface area contributed by atoms with Crippen LogP contribution >= 0.6 is 11.3 Å². The number of amides is 1. The van der Waals surface area contributed by atoms with Crippen molar-refractivity contribution in [1.82, 2.24) is 19.6 Å². The van der Waals surface area contributed by atoms with E-state index in [1.807, 2.05) is 32.2 Å². The maximum atomic E-state index is 11.9. The molecule has 96 valence electrons. The van der Waals surface area contributed by atoms with Gasteiger partial charge in [0, 0.05) is 11.6 Å². The molecule has 0 bridgehead atoms. The summed E-state index contributed by atoms with van der Waals surface area (Å²) in [5.41, 5.74) is 2.15. The summed E-state index contributed by atoms with van der Waals surface area (Å²) >= 11 is 1.43. The van der Waals surface area contributed by atoms with E-state index in [1.165, 1.54) is 11.3 Å². The van der Waals surface area contributed by atoms with Crippen molar-refractivity contribution in [1.29, 1.82) is 0 Å². The van der Waals surface area contributed by atoms with Gasteiger partial charge in [-0.1, -0.05) is 6.07 Å². The highest BCUT2D eigenvalue weighted by atomic mass is 32.1. The number of nitrogens with zero attached hydrogens (tertiary/aromatic N) is 4. The Morgan fingerprint density at radius 1 is 1.32 bits per heavy atom. The summed E-state index contributed by atoms with van der Waals surface area (Å²) in [6.07, 6.45) is 1.85. The molecule has 3 rings (SSSR count). The summed E-state index contributed by atoms with van der Waals surface area (Å²) in [6.45, 7) is 3.82. The first-order chi connectivity index (χ1) is 9.11. The molecule has 3 aromatic heterocycles. The van der Waals surface area contributed by atoms with E-state index in [2.05, 4.69) is 20.4 Å². The number of hydrogen-bond donors (Lipinski definition) is 1. The van der Waals surface area contributed by atoms with Gasteiger partial charge in [-0.3, -0.25) is 10.1 Å². The zero-order valence-electron chi connectivity index (χ0n) is 10.4. The van der Waals surface area contributed by atoms with Crippen molar-refractivity contribution in [2.24, 2.45) is 0 Å². The smallest absolute Gasteiger partial charge is 0.277 e. The highest BCUT2D eigenvalue weighted by Gasteiger charge is 2.12. The van der Waals surface area contributed by atoms with Gasteiger partial charge in [-0.05, 0) is 25.5 Å². The molecule has 0 unspecified atom stereocenters. The lowest BCUT2D eigenvalue weighted by molar-refractivity contribution is 0.102. The van der Waals surface area contributed by atoms with E-state index < -0.39 is 0 Å². The van der Waals surface area contributed by atoms with Gasteiger partial charge in [0.1, 0.15) is 5.69 Å². The van der Waals surface area contributed by atoms with Gasteiger partial charge in [0.25, 0.3) is 5.91 Å². The number of aromatic nitrogens is 4. The van der Waals surface area contributed by atoms with Crippen LogP contribution in [0.3, 0.4) is 0 Å². The molecule has 0 saturated heterocycles. The van der Waals surface area contributed by atoms with E-state index in [0.29, 0.717) is 11.3 Å². The van der Waals surface area contributed by atoms with Gasteiger partial charge in [0.05, 0.1) is 5.01 Å². The Bertz CT molecular complexity index is 760. The van der Waals surface area contributed by atoms with Crippen LogP contribution in [-0.4, -0.2) is 25.5 Å². The summed E-state index contributed by atoms with van der Waals surface area (Å²) in [7, 11) is 0. The first-order valence-electron chi connectivity index (χ1n) is 5.68. The fraction of sp³-hybridized carbons (Fsp3) is 0.167. The molecule has 0 saturated carbocycles. The molecule has 0 aliphatic carbocycles. The molecule has 0 radical (unpaired) electrons. The minimum Gasteiger partial charge on any atom is -0.288 e. The number of carbonyl (C=O) groups excluding carboxylic acids is 1. The number of thiazole rings is 1. The highest BCUT2D eigenvalue weighted by molar-refractivity contribution is 7.09. The summed E-state index contributed by atoms with van der Waals surface area (Å²) in [5.74, 6) is -0.0155. The zero-order valence-corrected chi connectivity index (χ0v) is 11.2. The molecule has 6 nitrogen and oxygen atoms in total. The van der Waals surface area contributed by atoms with Gasteiger partial charge < -0.3 is 0 Å². The number of carbonyl (C=O) groups is 1. The average Bonchev–Trinajstić information content (AvgIpc) is 2.94. The first-order valence-corrected chi connectivity index (χ1v) is 6.56. The van der Waals surface area contributed by atoms with Crippen molar-refractivity contribution >= 4 is 28.8 Å². The third-order valence-electron chi connectivity index (χ3n) is 2.56. The Morgan fingerprint density at radius 3 is 2.89 bits per heavy atom. The van der Waals surface area contributed by atoms with Gasteiger partial charge in [-0.25, -0.2) is 9.50 Å². The summed E-state index contributed by atoms with van der Waals surface area (Å²) in [4.78, 5) is 20.3. The van der Waals surface area contributed by atoms with Gasteiger partial charge in [-0.2, -0.15) is 4.98 Å². The van der Waals surface area contributed by atoms with E-state index in [4.69, 9.17) is 0 Å². The van der Waals surface area contributed by atoms with Crippen LogP contribution in [0.5, 0.6) is 0 Å². The standard InChI is InChI=1S/C12H11N5OS/c1-7-3-4-10-14-12(16-17(10)5-7)15-11(18)9-6-19-8(2)13-9/h3-6H,1-2H3,(H,15,16,18). The lowest BCUT2D eigenvalue weighted by Gasteiger charge is -1.95. The fourth-order valence-corrected chi connectivity index (χ4v) is 2.27. The Balaban J connectivity index is 1.87. The summed E-state index contributed by atoms with van der Waals surface area (Å²) in [5, 5.41) is 9.40. The molecule has 0 atom stereocenters. The lowest BCUT2D eigenvalue weighted by atomic mass is 10.3. The van der Waals surface area contributed by atoms with E-state index in [0.717, 1.165) is 10.6 Å². The number of rotatable bonds is 2. The lowest BCUT2D eigenvalue weighted by Crippen LogP contribution is -2.13. The minimum atomic E-state index is -0.294. The predicted octanol–water partition coefficient (Wildman–Crippen LogP) is 2.05. The molecule has 0 aromatic carbocycles. The van der Waals surface area contributed by atoms with Crippen LogP contribution in [0.15, 0.2) is 23.7 Å². The van der Waals surface area contributed by atoms with Crippen molar-refractivity contribution in [3.8, 4) is 0 Å². The SMILES string of the molecule is Cc1ccc2nc(NC(=O)c3csc(C)n3)nn2c1. The van der Waals surface area contributed by atoms with Gasteiger partial charge in [0.2, 0.25) is 5.95 Å². The van der Waals surface area contributed by atoms with Crippen molar-refractivity contribution in [3.63, 3.8) is 0 Å². The van der Waals surface area contributed by atoms with Gasteiger partial charge in [0.15, 0.2) is 5.65 Å². The molecule has 1 amide bonds. The van der Waals surface area contributed by atoms with E-state index >= 15 is 0 Å². The van der Waals surface area contributed by atoms with Gasteiger partial charge in [-0.15, -0.1) is 16.4 Å². The average molecular weight is 273 g/mol. The van der Waals surface area contributed by atoms with Crippen LogP contribution in [0.2, 0.25) is 0 Å². The Morgan fingerprint density at radius 2 is 2.16 bits per heavy atom. The van der Waals surface area contributed by atoms with Crippen molar-refractivity contribution in [2.75, 3.05) is 5.32 Å². The first kappa shape index (κ1) is 11.8. The highest BCUT2D eigenvalue weighted by Crippen LogP contribution is 2.11. The molecule has 0 fully saturated rings. The third-order valence-corrected chi connectivity index (χ3v) is 3.33. The van der Waals surface area contributed by atoms with E-state index in [-0.39, 0.29) is 11.9 Å². The topological polar surface area (TPSA) is 72.2 Å². The second-order valence-corrected chi connectivity index (χ2v) is 5.21. The number of pyridine rings is 1. The predicted molar refractivity (Wildman–Crippen MR) is 72.5 cm³/mol. The van der Waals surface area contributed by atoms with E-state index in [1.54, 1.807) is 9.90 Å². The molecule has 19 heavy (non-hydrogen) atoms. The molecule has 3 aromatic rings. The summed E-state index contributed by atoms with van der Waals surface area (Å²) < 4.78 is 1.64. The van der Waals surface area contributed by atoms with Crippen LogP contribution < -0.4 is 5.32 Å². The van der Waals surface area contributed by atoms with E-state index in [9.17, 15) is 4.79 Å². The number of nitrogens with one attached hydrogen (secondary N) is 1. The maximum absolute atomic E-state index is 11.9. The summed E-state index contributed by atoms with van der Waals surface area (Å²) in [6, 6.07) is 3.80. The molecule has 0 aliphatic heterocycles. The number of fused-ring (bicyclic) bond motifs is 1. The largest absolute Gasteiger partial charge is 0.288 e. The molecule has 1 N–H and O–H groups in total. The molecule has 7 heteroatoms. The number of anilines is 1. The quantitative estimate of drug-likeness (QED) is 0.775. The van der Waals surface area contributed by atoms with Crippen LogP contribution in [0.4, 0.5) is 5.95 Å². The second kappa shape index (κ2) is 4.43. The monoisotopic (exact) mass is 273 g/mol.